The molecule has 1 heterocycles. The lowest BCUT2D eigenvalue weighted by Crippen LogP contribution is -2.34. The number of hydrogen-bond donors (Lipinski definition) is 3. The molecular weight excluding hydrogens is 570 g/mol. The third-order valence-electron chi connectivity index (χ3n) is 4.60. The van der Waals surface area contributed by atoms with Gasteiger partial charge in [-0.15, -0.1) is 0 Å². The van der Waals surface area contributed by atoms with Crippen molar-refractivity contribution < 1.29 is 22.7 Å². The number of hydrogen-bond acceptors (Lipinski definition) is 8. The van der Waals surface area contributed by atoms with Crippen LogP contribution in [0, 0.1) is 13.8 Å². The highest BCUT2D eigenvalue weighted by atomic mass is 79.9. The summed E-state index contributed by atoms with van der Waals surface area (Å²) in [6.07, 6.45) is 0. The van der Waals surface area contributed by atoms with Crippen LogP contribution in [-0.4, -0.2) is 49.7 Å². The van der Waals surface area contributed by atoms with Gasteiger partial charge in [0.1, 0.15) is 12.4 Å². The molecule has 1 amide bonds. The van der Waals surface area contributed by atoms with E-state index in [1.54, 1.807) is 45.2 Å². The summed E-state index contributed by atoms with van der Waals surface area (Å²) in [7, 11) is -2.31. The lowest BCUT2D eigenvalue weighted by molar-refractivity contribution is 0.0977. The maximum Gasteiger partial charge on any atom is 0.264 e. The molecule has 3 aromatic rings. The molecule has 2 aromatic carbocycles. The molecule has 190 valence electrons. The van der Waals surface area contributed by atoms with Crippen molar-refractivity contribution in [3.8, 4) is 5.75 Å². The van der Waals surface area contributed by atoms with Gasteiger partial charge in [0.2, 0.25) is 5.95 Å². The Labute approximate surface area is 223 Å². The van der Waals surface area contributed by atoms with Crippen LogP contribution in [0.5, 0.6) is 5.75 Å². The quantitative estimate of drug-likeness (QED) is 0.250. The highest BCUT2D eigenvalue weighted by Gasteiger charge is 2.17. The molecule has 0 radical (unpaired) electrons. The summed E-state index contributed by atoms with van der Waals surface area (Å²) in [5.74, 6) is 0.159. The van der Waals surface area contributed by atoms with Crippen LogP contribution in [0.25, 0.3) is 0 Å². The van der Waals surface area contributed by atoms with E-state index in [1.165, 1.54) is 24.3 Å². The van der Waals surface area contributed by atoms with Crippen LogP contribution in [-0.2, 0) is 14.8 Å². The highest BCUT2D eigenvalue weighted by molar-refractivity contribution is 9.10. The molecule has 1 aromatic heterocycles. The SMILES string of the molecule is COCCOc1ccc(C(=O)NC(=S)Nc2ccc(S(=O)(=O)Nc3nc(C)cc(C)n3)cc2)cc1Br. The molecule has 0 saturated heterocycles. The summed E-state index contributed by atoms with van der Waals surface area (Å²) in [6, 6.07) is 12.5. The number of ether oxygens (including phenoxy) is 2. The molecule has 13 heteroatoms. The lowest BCUT2D eigenvalue weighted by Gasteiger charge is -2.12. The molecule has 0 aliphatic carbocycles. The second-order valence-corrected chi connectivity index (χ2v) is 10.4. The van der Waals surface area contributed by atoms with Crippen LogP contribution in [0.4, 0.5) is 11.6 Å². The Bertz CT molecular complexity index is 1350. The monoisotopic (exact) mass is 593 g/mol. The number of halogens is 1. The minimum absolute atomic E-state index is 0.000185. The molecule has 10 nitrogen and oxygen atoms in total. The summed E-state index contributed by atoms with van der Waals surface area (Å²) in [5.41, 5.74) is 2.15. The predicted octanol–water partition coefficient (Wildman–Crippen LogP) is 3.81. The molecule has 0 aliphatic rings. The van der Waals surface area contributed by atoms with Gasteiger partial charge >= 0.3 is 0 Å². The number of nitrogens with zero attached hydrogens (tertiary/aromatic N) is 2. The number of anilines is 2. The number of amides is 1. The second-order valence-electron chi connectivity index (χ2n) is 7.50. The van der Waals surface area contributed by atoms with Gasteiger partial charge in [0.25, 0.3) is 15.9 Å². The van der Waals surface area contributed by atoms with E-state index in [4.69, 9.17) is 21.7 Å². The van der Waals surface area contributed by atoms with Crippen molar-refractivity contribution in [3.05, 3.63) is 70.0 Å². The first-order valence-electron chi connectivity index (χ1n) is 10.6. The Morgan fingerprint density at radius 1 is 1.03 bits per heavy atom. The van der Waals surface area contributed by atoms with Crippen molar-refractivity contribution in [1.82, 2.24) is 15.3 Å². The predicted molar refractivity (Wildman–Crippen MR) is 144 cm³/mol. The Morgan fingerprint density at radius 2 is 1.69 bits per heavy atom. The van der Waals surface area contributed by atoms with Gasteiger partial charge in [-0.2, -0.15) is 0 Å². The van der Waals surface area contributed by atoms with Crippen molar-refractivity contribution in [3.63, 3.8) is 0 Å². The Kier molecular flexibility index (Phi) is 9.31. The number of aromatic nitrogens is 2. The molecule has 0 spiro atoms. The summed E-state index contributed by atoms with van der Waals surface area (Å²) >= 11 is 8.60. The van der Waals surface area contributed by atoms with E-state index >= 15 is 0 Å². The molecule has 0 fully saturated rings. The summed E-state index contributed by atoms with van der Waals surface area (Å²) in [4.78, 5) is 20.8. The van der Waals surface area contributed by atoms with Gasteiger partial charge in [0, 0.05) is 29.7 Å². The van der Waals surface area contributed by atoms with E-state index in [0.717, 1.165) is 0 Å². The van der Waals surface area contributed by atoms with Crippen LogP contribution in [0.15, 0.2) is 57.9 Å². The minimum atomic E-state index is -3.89. The average Bonchev–Trinajstić information content (AvgIpc) is 2.79. The van der Waals surface area contributed by atoms with Gasteiger partial charge in [0.15, 0.2) is 5.11 Å². The smallest absolute Gasteiger partial charge is 0.264 e. The van der Waals surface area contributed by atoms with E-state index in [1.807, 2.05) is 0 Å². The number of rotatable bonds is 9. The van der Waals surface area contributed by atoms with Crippen LogP contribution >= 0.6 is 28.1 Å². The molecule has 0 saturated carbocycles. The number of thiocarbonyl (C=S) groups is 1. The van der Waals surface area contributed by atoms with E-state index in [-0.39, 0.29) is 16.0 Å². The molecule has 0 atom stereocenters. The average molecular weight is 595 g/mol. The molecule has 3 N–H and O–H groups in total. The first-order valence-corrected chi connectivity index (χ1v) is 13.2. The third-order valence-corrected chi connectivity index (χ3v) is 6.76. The van der Waals surface area contributed by atoms with Crippen LogP contribution < -0.4 is 20.1 Å². The fourth-order valence-electron chi connectivity index (χ4n) is 3.00. The van der Waals surface area contributed by atoms with Crippen molar-refractivity contribution in [1.29, 1.82) is 0 Å². The Balaban J connectivity index is 1.59. The first-order chi connectivity index (χ1) is 17.1. The van der Waals surface area contributed by atoms with Gasteiger partial charge in [-0.05, 0) is 90.5 Å². The van der Waals surface area contributed by atoms with Crippen LogP contribution in [0.1, 0.15) is 21.7 Å². The summed E-state index contributed by atoms with van der Waals surface area (Å²) in [5, 5.41) is 5.49. The Hall–Kier alpha value is -3.13. The standard InChI is InChI=1S/C23H24BrN5O5S2/c1-14-12-15(2)26-22(25-14)29-36(31,32)18-7-5-17(6-8-18)27-23(35)28-21(30)16-4-9-20(19(24)13-16)34-11-10-33-3/h4-9,12-13H,10-11H2,1-3H3,(H,25,26,29)(H2,27,28,30,35). The fraction of sp³-hybridized carbons (Fsp3) is 0.217. The van der Waals surface area contributed by atoms with E-state index in [0.29, 0.717) is 46.1 Å². The van der Waals surface area contributed by atoms with Crippen molar-refractivity contribution in [2.24, 2.45) is 0 Å². The molecule has 3 rings (SSSR count). The lowest BCUT2D eigenvalue weighted by atomic mass is 10.2. The number of sulfonamides is 1. The molecular formula is C23H24BrN5O5S2. The zero-order valence-corrected chi connectivity index (χ0v) is 22.9. The van der Waals surface area contributed by atoms with Gasteiger partial charge < -0.3 is 14.8 Å². The molecule has 0 bridgehead atoms. The first kappa shape index (κ1) is 27.5. The zero-order chi connectivity index (χ0) is 26.3. The summed E-state index contributed by atoms with van der Waals surface area (Å²) < 4.78 is 38.8. The molecule has 0 unspecified atom stereocenters. The number of benzene rings is 2. The number of carbonyl (C=O) groups excluding carboxylic acids is 1. The number of nitrogens with one attached hydrogen (secondary N) is 3. The van der Waals surface area contributed by atoms with Crippen molar-refractivity contribution in [2.45, 2.75) is 18.7 Å². The molecule has 36 heavy (non-hydrogen) atoms. The normalized spacial score (nSPS) is 11.0. The number of carbonyl (C=O) groups is 1. The maximum atomic E-state index is 12.7. The Morgan fingerprint density at radius 3 is 2.31 bits per heavy atom. The van der Waals surface area contributed by atoms with E-state index in [9.17, 15) is 13.2 Å². The maximum absolute atomic E-state index is 12.7. The fourth-order valence-corrected chi connectivity index (χ4v) is 4.65. The number of aryl methyl sites for hydroxylation is 2. The minimum Gasteiger partial charge on any atom is -0.490 e. The van der Waals surface area contributed by atoms with E-state index < -0.39 is 15.9 Å². The highest BCUT2D eigenvalue weighted by Crippen LogP contribution is 2.26. The van der Waals surface area contributed by atoms with Crippen molar-refractivity contribution in [2.75, 3.05) is 30.4 Å². The largest absolute Gasteiger partial charge is 0.490 e. The van der Waals surface area contributed by atoms with Gasteiger partial charge in [-0.1, -0.05) is 0 Å². The van der Waals surface area contributed by atoms with Gasteiger partial charge in [-0.3, -0.25) is 10.1 Å². The second kappa shape index (κ2) is 12.2. The zero-order valence-electron chi connectivity index (χ0n) is 19.7. The van der Waals surface area contributed by atoms with Gasteiger partial charge in [0.05, 0.1) is 16.0 Å². The van der Waals surface area contributed by atoms with Crippen LogP contribution in [0.2, 0.25) is 0 Å². The van der Waals surface area contributed by atoms with Gasteiger partial charge in [-0.25, -0.2) is 23.1 Å². The van der Waals surface area contributed by atoms with E-state index in [2.05, 4.69) is 41.3 Å². The third kappa shape index (κ3) is 7.68. The number of methoxy groups -OCH3 is 1. The topological polar surface area (TPSA) is 132 Å². The van der Waals surface area contributed by atoms with Crippen LogP contribution in [0.3, 0.4) is 0 Å². The molecule has 0 aliphatic heterocycles. The van der Waals surface area contributed by atoms with Crippen molar-refractivity contribution >= 4 is 60.8 Å². The summed E-state index contributed by atoms with van der Waals surface area (Å²) in [6.45, 7) is 4.33.